The predicted octanol–water partition coefficient (Wildman–Crippen LogP) is 13.5. The van der Waals surface area contributed by atoms with Crippen molar-refractivity contribution in [2.45, 2.75) is 0 Å². The molecule has 0 N–H and O–H groups in total. The van der Waals surface area contributed by atoms with E-state index in [-0.39, 0.29) is 0 Å². The monoisotopic (exact) mass is 642 g/mol. The highest BCUT2D eigenvalue weighted by Gasteiger charge is 2.24. The van der Waals surface area contributed by atoms with Gasteiger partial charge in [0.2, 0.25) is 0 Å². The van der Waals surface area contributed by atoms with Gasteiger partial charge in [-0.15, -0.1) is 11.3 Å². The van der Waals surface area contributed by atoms with Crippen LogP contribution in [0.25, 0.3) is 42.1 Å². The van der Waals surface area contributed by atoms with Crippen LogP contribution in [-0.4, -0.2) is 0 Å². The maximum absolute atomic E-state index is 7.19. The van der Waals surface area contributed by atoms with E-state index in [4.69, 9.17) is 16.0 Å². The number of thiophene rings is 1. The van der Waals surface area contributed by atoms with Crippen LogP contribution in [0.2, 0.25) is 5.02 Å². The number of hydrogen-bond acceptors (Lipinski definition) is 4. The van der Waals surface area contributed by atoms with Crippen molar-refractivity contribution in [3.8, 4) is 0 Å². The third kappa shape index (κ3) is 4.73. The Labute approximate surface area is 281 Å². The molecule has 0 aliphatic carbocycles. The van der Waals surface area contributed by atoms with Crippen molar-refractivity contribution in [3.05, 3.63) is 169 Å². The maximum Gasteiger partial charge on any atom is 0.139 e. The van der Waals surface area contributed by atoms with Crippen LogP contribution in [0.3, 0.4) is 0 Å². The number of fused-ring (bicyclic) bond motifs is 6. The molecular weight excluding hydrogens is 616 g/mol. The zero-order valence-corrected chi connectivity index (χ0v) is 26.7. The molecule has 0 aliphatic rings. The lowest BCUT2D eigenvalue weighted by molar-refractivity contribution is 0.669. The van der Waals surface area contributed by atoms with Gasteiger partial charge in [-0.25, -0.2) is 0 Å². The summed E-state index contributed by atoms with van der Waals surface area (Å²) < 4.78 is 9.00. The van der Waals surface area contributed by atoms with Crippen molar-refractivity contribution in [2.75, 3.05) is 9.80 Å². The van der Waals surface area contributed by atoms with Crippen molar-refractivity contribution >= 4 is 99.2 Å². The van der Waals surface area contributed by atoms with E-state index in [1.165, 1.54) is 10.1 Å². The zero-order chi connectivity index (χ0) is 31.3. The third-order valence-corrected chi connectivity index (χ3v) is 10.1. The Bertz CT molecular complexity index is 2500. The van der Waals surface area contributed by atoms with Gasteiger partial charge in [-0.1, -0.05) is 103 Å². The molecule has 0 atom stereocenters. The lowest BCUT2D eigenvalue weighted by Crippen LogP contribution is -2.13. The fourth-order valence-electron chi connectivity index (χ4n) is 6.65. The van der Waals surface area contributed by atoms with Crippen LogP contribution >= 0.6 is 22.9 Å². The van der Waals surface area contributed by atoms with Crippen molar-refractivity contribution in [1.29, 1.82) is 0 Å². The van der Waals surface area contributed by atoms with Gasteiger partial charge in [0.05, 0.1) is 21.8 Å². The van der Waals surface area contributed by atoms with E-state index in [1.807, 2.05) is 24.3 Å². The quantitative estimate of drug-likeness (QED) is 0.180. The van der Waals surface area contributed by atoms with E-state index in [0.717, 1.165) is 71.2 Å². The molecule has 0 radical (unpaired) electrons. The molecule has 7 aromatic carbocycles. The highest BCUT2D eigenvalue weighted by atomic mass is 35.5. The standard InChI is InChI=1S/C42H27ClN2OS/c43-35-24-31(27-40-41(35)34-21-11-13-23-39(34)47-40)45(30-18-8-3-9-19-30)36-25-32(26-38-42(36)33-20-10-12-22-37(33)46-38)44(28-14-4-1-5-15-28)29-16-6-2-7-17-29/h1-27H. The average Bonchev–Trinajstić information content (AvgIpc) is 3.69. The minimum Gasteiger partial charge on any atom is -0.456 e. The summed E-state index contributed by atoms with van der Waals surface area (Å²) >= 11 is 8.96. The average molecular weight is 643 g/mol. The molecule has 0 saturated carbocycles. The smallest absolute Gasteiger partial charge is 0.139 e. The summed E-state index contributed by atoms with van der Waals surface area (Å²) in [6.07, 6.45) is 0. The van der Waals surface area contributed by atoms with Crippen molar-refractivity contribution in [3.63, 3.8) is 0 Å². The van der Waals surface area contributed by atoms with E-state index in [0.29, 0.717) is 0 Å². The molecule has 3 nitrogen and oxygen atoms in total. The van der Waals surface area contributed by atoms with Crippen LogP contribution in [0.5, 0.6) is 0 Å². The van der Waals surface area contributed by atoms with E-state index in [1.54, 1.807) is 11.3 Å². The summed E-state index contributed by atoms with van der Waals surface area (Å²) in [4.78, 5) is 4.60. The lowest BCUT2D eigenvalue weighted by Gasteiger charge is -2.30. The van der Waals surface area contributed by atoms with E-state index in [9.17, 15) is 0 Å². The first-order valence-corrected chi connectivity index (χ1v) is 16.7. The molecule has 2 aromatic heterocycles. The van der Waals surface area contributed by atoms with Gasteiger partial charge in [-0.3, -0.25) is 0 Å². The molecule has 9 rings (SSSR count). The van der Waals surface area contributed by atoms with Crippen molar-refractivity contribution in [1.82, 2.24) is 0 Å². The van der Waals surface area contributed by atoms with Gasteiger partial charge >= 0.3 is 0 Å². The molecule has 5 heteroatoms. The topological polar surface area (TPSA) is 19.6 Å². The summed E-state index contributed by atoms with van der Waals surface area (Å²) in [6.45, 7) is 0. The third-order valence-electron chi connectivity index (χ3n) is 8.66. The van der Waals surface area contributed by atoms with Crippen molar-refractivity contribution in [2.24, 2.45) is 0 Å². The number of hydrogen-bond donors (Lipinski definition) is 0. The molecule has 0 saturated heterocycles. The van der Waals surface area contributed by atoms with E-state index in [2.05, 4.69) is 149 Å². The van der Waals surface area contributed by atoms with Gasteiger partial charge in [0, 0.05) is 54.4 Å². The fourth-order valence-corrected chi connectivity index (χ4v) is 8.19. The Morgan fingerprint density at radius 3 is 1.66 bits per heavy atom. The van der Waals surface area contributed by atoms with Crippen LogP contribution in [0.15, 0.2) is 168 Å². The zero-order valence-electron chi connectivity index (χ0n) is 25.2. The normalized spacial score (nSPS) is 11.5. The Balaban J connectivity index is 1.37. The van der Waals surface area contributed by atoms with Gasteiger partial charge in [0.15, 0.2) is 0 Å². The molecular formula is C42H27ClN2OS. The Morgan fingerprint density at radius 1 is 0.426 bits per heavy atom. The van der Waals surface area contributed by atoms with Gasteiger partial charge < -0.3 is 14.2 Å². The molecule has 0 spiro atoms. The first kappa shape index (κ1) is 27.7. The number of para-hydroxylation sites is 4. The van der Waals surface area contributed by atoms with Gasteiger partial charge in [0.25, 0.3) is 0 Å². The Kier molecular flexibility index (Phi) is 6.70. The van der Waals surface area contributed by atoms with E-state index < -0.39 is 0 Å². The van der Waals surface area contributed by atoms with Crippen LogP contribution < -0.4 is 9.80 Å². The number of anilines is 6. The minimum atomic E-state index is 0.732. The lowest BCUT2D eigenvalue weighted by atomic mass is 10.0. The fraction of sp³-hybridized carbons (Fsp3) is 0. The summed E-state index contributed by atoms with van der Waals surface area (Å²) in [5.41, 5.74) is 7.76. The first-order chi connectivity index (χ1) is 23.2. The second-order valence-electron chi connectivity index (χ2n) is 11.5. The van der Waals surface area contributed by atoms with Crippen LogP contribution in [-0.2, 0) is 0 Å². The molecule has 47 heavy (non-hydrogen) atoms. The Morgan fingerprint density at radius 2 is 0.979 bits per heavy atom. The number of benzene rings is 7. The largest absolute Gasteiger partial charge is 0.456 e. The second kappa shape index (κ2) is 11.4. The summed E-state index contributed by atoms with van der Waals surface area (Å²) in [5, 5.41) is 5.11. The first-order valence-electron chi connectivity index (χ1n) is 15.5. The van der Waals surface area contributed by atoms with Crippen molar-refractivity contribution < 1.29 is 4.42 Å². The number of rotatable bonds is 6. The highest BCUT2D eigenvalue weighted by molar-refractivity contribution is 7.26. The molecule has 0 fully saturated rings. The second-order valence-corrected chi connectivity index (χ2v) is 13.0. The SMILES string of the molecule is Clc1cc(N(c2ccccc2)c2cc(N(c3ccccc3)c3ccccc3)cc3oc4ccccc4c23)cc2sc3ccccc3c12. The van der Waals surface area contributed by atoms with Gasteiger partial charge in [0.1, 0.15) is 11.2 Å². The molecule has 0 aliphatic heterocycles. The molecule has 9 aromatic rings. The number of nitrogens with zero attached hydrogens (tertiary/aromatic N) is 2. The summed E-state index contributed by atoms with van der Waals surface area (Å²) in [5.74, 6) is 0. The molecule has 0 unspecified atom stereocenters. The molecule has 0 amide bonds. The predicted molar refractivity (Wildman–Crippen MR) is 201 cm³/mol. The number of halogens is 1. The van der Waals surface area contributed by atoms with E-state index >= 15 is 0 Å². The maximum atomic E-state index is 7.19. The molecule has 2 heterocycles. The molecule has 0 bridgehead atoms. The van der Waals surface area contributed by atoms with Gasteiger partial charge in [-0.05, 0) is 66.7 Å². The summed E-state index contributed by atoms with van der Waals surface area (Å²) in [7, 11) is 0. The molecule has 224 valence electrons. The van der Waals surface area contributed by atoms with Crippen LogP contribution in [0.1, 0.15) is 0 Å². The van der Waals surface area contributed by atoms with Crippen LogP contribution in [0.4, 0.5) is 34.1 Å². The van der Waals surface area contributed by atoms with Gasteiger partial charge in [-0.2, -0.15) is 0 Å². The Hall–Kier alpha value is -5.55. The number of furan rings is 1. The highest BCUT2D eigenvalue weighted by Crippen LogP contribution is 2.49. The minimum absolute atomic E-state index is 0.732. The van der Waals surface area contributed by atoms with Crippen LogP contribution in [0, 0.1) is 0 Å². The summed E-state index contributed by atoms with van der Waals surface area (Å²) in [6, 6.07) is 57.0.